The number of amides is 3. The number of pyridine rings is 1. The van der Waals surface area contributed by atoms with Gasteiger partial charge >= 0.3 is 6.03 Å². The van der Waals surface area contributed by atoms with Crippen molar-refractivity contribution in [3.8, 4) is 11.6 Å². The Bertz CT molecular complexity index is 1690. The minimum Gasteiger partial charge on any atom is -0.439 e. The molecule has 0 unspecified atom stereocenters. The number of nitrogens with zero attached hydrogens (tertiary/aromatic N) is 4. The van der Waals surface area contributed by atoms with Gasteiger partial charge in [0.1, 0.15) is 17.4 Å². The highest BCUT2D eigenvalue weighted by Gasteiger charge is 2.30. The van der Waals surface area contributed by atoms with E-state index in [0.29, 0.717) is 74.3 Å². The predicted octanol–water partition coefficient (Wildman–Crippen LogP) is 6.64. The summed E-state index contributed by atoms with van der Waals surface area (Å²) in [7, 11) is 0. The molecule has 3 aromatic carbocycles. The second-order valence-corrected chi connectivity index (χ2v) is 11.7. The van der Waals surface area contributed by atoms with E-state index in [0.717, 1.165) is 24.3 Å². The zero-order chi connectivity index (χ0) is 32.8. The smallest absolute Gasteiger partial charge is 0.326 e. The van der Waals surface area contributed by atoms with E-state index in [2.05, 4.69) is 15.2 Å². The third-order valence-corrected chi connectivity index (χ3v) is 8.51. The van der Waals surface area contributed by atoms with E-state index < -0.39 is 11.8 Å². The molecule has 0 aliphatic carbocycles. The molecule has 3 heterocycles. The number of likely N-dealkylation sites (tertiary alicyclic amines) is 1. The molecule has 2 saturated heterocycles. The fraction of sp³-hybridized carbons (Fsp3) is 0.306. The number of halogens is 2. The lowest BCUT2D eigenvalue weighted by Gasteiger charge is -2.38. The first kappa shape index (κ1) is 32.1. The summed E-state index contributed by atoms with van der Waals surface area (Å²) in [4.78, 5) is 36.6. The molecule has 244 valence electrons. The number of carbonyl (C=O) groups is 2. The van der Waals surface area contributed by atoms with Crippen molar-refractivity contribution < 1.29 is 27.8 Å². The van der Waals surface area contributed by atoms with Gasteiger partial charge in [0.15, 0.2) is 0 Å². The van der Waals surface area contributed by atoms with Crippen molar-refractivity contribution in [3.05, 3.63) is 113 Å². The number of rotatable bonds is 8. The molecule has 0 atom stereocenters. The molecule has 6 rings (SSSR count). The van der Waals surface area contributed by atoms with Crippen LogP contribution in [0.25, 0.3) is 0 Å². The Balaban J connectivity index is 1.05. The summed E-state index contributed by atoms with van der Waals surface area (Å²) in [6.45, 7) is 6.41. The van der Waals surface area contributed by atoms with Gasteiger partial charge in [0.05, 0.1) is 13.2 Å². The summed E-state index contributed by atoms with van der Waals surface area (Å²) >= 11 is 0. The first-order chi connectivity index (χ1) is 22.8. The number of hydrogen-bond donors (Lipinski definition) is 1. The maximum Gasteiger partial charge on any atom is 0.326 e. The van der Waals surface area contributed by atoms with Crippen LogP contribution in [-0.2, 0) is 11.3 Å². The highest BCUT2D eigenvalue weighted by atomic mass is 19.1. The number of hydrogen-bond acceptors (Lipinski definition) is 6. The van der Waals surface area contributed by atoms with Gasteiger partial charge in [-0.1, -0.05) is 12.1 Å². The fourth-order valence-corrected chi connectivity index (χ4v) is 5.95. The summed E-state index contributed by atoms with van der Waals surface area (Å²) in [5.41, 5.74) is 3.46. The molecule has 1 N–H and O–H groups in total. The van der Waals surface area contributed by atoms with Crippen LogP contribution in [0.1, 0.15) is 34.5 Å². The van der Waals surface area contributed by atoms with E-state index in [4.69, 9.17) is 9.47 Å². The molecule has 1 aromatic heterocycles. The van der Waals surface area contributed by atoms with Crippen LogP contribution in [0.4, 0.5) is 25.0 Å². The molecule has 0 radical (unpaired) electrons. The second-order valence-electron chi connectivity index (χ2n) is 11.7. The van der Waals surface area contributed by atoms with E-state index >= 15 is 0 Å². The van der Waals surface area contributed by atoms with Gasteiger partial charge < -0.3 is 19.7 Å². The van der Waals surface area contributed by atoms with Crippen LogP contribution in [0.5, 0.6) is 11.6 Å². The zero-order valence-corrected chi connectivity index (χ0v) is 26.2. The van der Waals surface area contributed by atoms with Crippen LogP contribution in [-0.4, -0.2) is 72.2 Å². The lowest BCUT2D eigenvalue weighted by atomic mass is 10.0. The van der Waals surface area contributed by atoms with Crippen molar-refractivity contribution >= 4 is 23.3 Å². The average molecular weight is 642 g/mol. The quantitative estimate of drug-likeness (QED) is 0.232. The van der Waals surface area contributed by atoms with Crippen molar-refractivity contribution in [2.45, 2.75) is 32.4 Å². The van der Waals surface area contributed by atoms with Crippen LogP contribution in [0.15, 0.2) is 84.9 Å². The van der Waals surface area contributed by atoms with E-state index in [1.165, 1.54) is 30.3 Å². The van der Waals surface area contributed by atoms with Gasteiger partial charge in [-0.15, -0.1) is 0 Å². The number of carbonyl (C=O) groups excluding carboxylic acids is 2. The van der Waals surface area contributed by atoms with E-state index in [9.17, 15) is 18.4 Å². The number of urea groups is 1. The van der Waals surface area contributed by atoms with Crippen molar-refractivity contribution in [3.63, 3.8) is 0 Å². The molecule has 2 aliphatic rings. The summed E-state index contributed by atoms with van der Waals surface area (Å²) in [6, 6.07) is 22.0. The van der Waals surface area contributed by atoms with E-state index in [1.807, 2.05) is 19.1 Å². The van der Waals surface area contributed by atoms with Crippen LogP contribution >= 0.6 is 0 Å². The van der Waals surface area contributed by atoms with Crippen LogP contribution < -0.4 is 15.0 Å². The Kier molecular flexibility index (Phi) is 10.0. The topological polar surface area (TPSA) is 87.2 Å². The number of aryl methyl sites for hydroxylation is 1. The van der Waals surface area contributed by atoms with Crippen LogP contribution in [0, 0.1) is 18.6 Å². The van der Waals surface area contributed by atoms with Crippen LogP contribution in [0.2, 0.25) is 0 Å². The molecule has 11 heteroatoms. The van der Waals surface area contributed by atoms with Gasteiger partial charge in [0, 0.05) is 67.5 Å². The van der Waals surface area contributed by atoms with Crippen molar-refractivity contribution in [1.82, 2.24) is 14.8 Å². The second kappa shape index (κ2) is 14.7. The van der Waals surface area contributed by atoms with E-state index in [-0.39, 0.29) is 17.8 Å². The third-order valence-electron chi connectivity index (χ3n) is 8.51. The summed E-state index contributed by atoms with van der Waals surface area (Å²) in [5, 5.41) is 2.79. The predicted molar refractivity (Wildman–Crippen MR) is 175 cm³/mol. The number of piperidine rings is 1. The summed E-state index contributed by atoms with van der Waals surface area (Å²) in [6.07, 6.45) is 1.40. The maximum absolute atomic E-state index is 13.8. The first-order valence-corrected chi connectivity index (χ1v) is 15.8. The van der Waals surface area contributed by atoms with Gasteiger partial charge in [-0.2, -0.15) is 0 Å². The Morgan fingerprint density at radius 1 is 0.915 bits per heavy atom. The largest absolute Gasteiger partial charge is 0.439 e. The van der Waals surface area contributed by atoms with Gasteiger partial charge in [-0.05, 0) is 92.1 Å². The molecular formula is C36H37F2N5O4. The van der Waals surface area contributed by atoms with Gasteiger partial charge in [0.2, 0.25) is 5.88 Å². The monoisotopic (exact) mass is 641 g/mol. The maximum atomic E-state index is 13.8. The van der Waals surface area contributed by atoms with Crippen molar-refractivity contribution in [1.29, 1.82) is 0 Å². The van der Waals surface area contributed by atoms with Gasteiger partial charge in [0.25, 0.3) is 5.91 Å². The Morgan fingerprint density at radius 2 is 1.64 bits per heavy atom. The SMILES string of the molecule is Cc1nc(Oc2ccc(C(=O)N3CCOCC3)cc2)ccc1CN1CCC(N(C(=O)Nc2cccc(F)c2)c2ccc(F)cc2)CC1. The zero-order valence-electron chi connectivity index (χ0n) is 26.2. The normalized spacial score (nSPS) is 15.7. The molecule has 0 saturated carbocycles. The van der Waals surface area contributed by atoms with Crippen molar-refractivity contribution in [2.75, 3.05) is 49.6 Å². The summed E-state index contributed by atoms with van der Waals surface area (Å²) < 4.78 is 38.8. The number of ether oxygens (including phenoxy) is 2. The fourth-order valence-electron chi connectivity index (χ4n) is 5.95. The molecular weight excluding hydrogens is 604 g/mol. The number of nitrogens with one attached hydrogen (secondary N) is 1. The molecule has 3 amide bonds. The number of aromatic nitrogens is 1. The highest BCUT2D eigenvalue weighted by molar-refractivity contribution is 6.02. The molecule has 2 aliphatic heterocycles. The lowest BCUT2D eigenvalue weighted by molar-refractivity contribution is 0.0303. The summed E-state index contributed by atoms with van der Waals surface area (Å²) in [5.74, 6) is 0.218. The number of benzene rings is 3. The Labute approximate surface area is 272 Å². The number of morpholine rings is 1. The van der Waals surface area contributed by atoms with Gasteiger partial charge in [-0.3, -0.25) is 14.6 Å². The lowest BCUT2D eigenvalue weighted by Crippen LogP contribution is -2.49. The molecule has 47 heavy (non-hydrogen) atoms. The third kappa shape index (κ3) is 8.11. The molecule has 2 fully saturated rings. The molecule has 0 spiro atoms. The highest BCUT2D eigenvalue weighted by Crippen LogP contribution is 2.28. The minimum absolute atomic E-state index is 0.0162. The Morgan fingerprint density at radius 3 is 2.32 bits per heavy atom. The molecule has 4 aromatic rings. The van der Waals surface area contributed by atoms with Gasteiger partial charge in [-0.25, -0.2) is 18.6 Å². The first-order valence-electron chi connectivity index (χ1n) is 15.8. The standard InChI is InChI=1S/C36H37F2N5O4/c1-25-27(7-14-34(39-25)47-33-12-5-26(6-13-33)35(44)42-19-21-46-22-20-42)24-41-17-15-32(16-18-41)43(31-10-8-28(37)9-11-31)36(45)40-30-4-2-3-29(38)23-30/h2-14,23,32H,15-22,24H2,1H3,(H,40,45). The number of anilines is 2. The minimum atomic E-state index is -0.444. The van der Waals surface area contributed by atoms with Crippen molar-refractivity contribution in [2.24, 2.45) is 0 Å². The molecule has 9 nitrogen and oxygen atoms in total. The van der Waals surface area contributed by atoms with E-state index in [1.54, 1.807) is 52.3 Å². The Hall–Kier alpha value is -4.87. The molecule has 0 bridgehead atoms. The average Bonchev–Trinajstić information content (AvgIpc) is 3.08. The van der Waals surface area contributed by atoms with Crippen LogP contribution in [0.3, 0.4) is 0 Å².